The van der Waals surface area contributed by atoms with Gasteiger partial charge in [0.25, 0.3) is 0 Å². The van der Waals surface area contributed by atoms with Crippen molar-refractivity contribution in [3.8, 4) is 0 Å². The number of nitrogens with zero attached hydrogens (tertiary/aromatic N) is 1. The van der Waals surface area contributed by atoms with Crippen LogP contribution in [0.25, 0.3) is 4.25 Å². The Labute approximate surface area is 75.4 Å². The van der Waals surface area contributed by atoms with Gasteiger partial charge in [-0.25, -0.2) is 10.8 Å². The number of rotatable bonds is 1. The summed E-state index contributed by atoms with van der Waals surface area (Å²) in [6.45, 7) is 6.58. The van der Waals surface area contributed by atoms with Gasteiger partial charge in [-0.15, -0.1) is 0 Å². The monoisotopic (exact) mass is 179 g/mol. The molecule has 0 N–H and O–H groups in total. The molecule has 0 aliphatic heterocycles. The van der Waals surface area contributed by atoms with E-state index in [0.29, 0.717) is 4.20 Å². The summed E-state index contributed by atoms with van der Waals surface area (Å²) < 4.78 is 3.78. The summed E-state index contributed by atoms with van der Waals surface area (Å²) in [6.07, 6.45) is 0. The van der Waals surface area contributed by atoms with Gasteiger partial charge in [0.2, 0.25) is 0 Å². The Hall–Kier alpha value is -0.850. The van der Waals surface area contributed by atoms with Gasteiger partial charge in [-0.3, -0.25) is 0 Å². The van der Waals surface area contributed by atoms with Crippen molar-refractivity contribution in [2.45, 2.75) is 0 Å². The van der Waals surface area contributed by atoms with E-state index in [1.165, 1.54) is 0 Å². The molecule has 1 aromatic rings. The molecule has 3 heteroatoms. The third-order valence-electron chi connectivity index (χ3n) is 1.14. The van der Waals surface area contributed by atoms with Crippen LogP contribution in [0.4, 0.5) is 0 Å². The molecule has 1 nitrogen and oxygen atoms in total. The quantitative estimate of drug-likeness (QED) is 0.371. The molecule has 0 fully saturated rings. The third kappa shape index (κ3) is 2.34. The fourth-order valence-corrected chi connectivity index (χ4v) is 1.24. The van der Waals surface area contributed by atoms with Crippen LogP contribution in [0, 0.1) is 6.57 Å². The highest BCUT2D eigenvalue weighted by molar-refractivity contribution is 8.25. The van der Waals surface area contributed by atoms with Crippen LogP contribution < -0.4 is 0 Å². The summed E-state index contributed by atoms with van der Waals surface area (Å²) in [6, 6.07) is 9.55. The van der Waals surface area contributed by atoms with Gasteiger partial charge in [0.05, 0.1) is 0 Å². The zero-order valence-electron chi connectivity index (χ0n) is 5.65. The van der Waals surface area contributed by atoms with Crippen molar-refractivity contribution in [3.05, 3.63) is 46.7 Å². The van der Waals surface area contributed by atoms with Crippen molar-refractivity contribution >= 4 is 28.4 Å². The molecule has 0 saturated heterocycles. The lowest BCUT2D eigenvalue weighted by atomic mass is 10.2. The van der Waals surface area contributed by atoms with Gasteiger partial charge < -0.3 is 0 Å². The van der Waals surface area contributed by atoms with Gasteiger partial charge in [0, 0.05) is 5.56 Å². The Morgan fingerprint density at radius 2 is 2.00 bits per heavy atom. The molecule has 0 unspecified atom stereocenters. The van der Waals surface area contributed by atoms with Gasteiger partial charge in [0.1, 0.15) is 0 Å². The molecule has 0 heterocycles. The first kappa shape index (κ1) is 8.25. The minimum absolute atomic E-state index is 0.639. The largest absolute Gasteiger partial charge is 0.307 e. The van der Waals surface area contributed by atoms with E-state index in [2.05, 4.69) is 4.25 Å². The van der Waals surface area contributed by atoms with Gasteiger partial charge in [-0.1, -0.05) is 42.5 Å². The molecule has 54 valence electrons. The Bertz CT molecular complexity index is 287. The van der Waals surface area contributed by atoms with Crippen LogP contribution in [-0.2, 0) is 0 Å². The Morgan fingerprint density at radius 3 is 2.55 bits per heavy atom. The molecule has 1 rings (SSSR count). The van der Waals surface area contributed by atoms with E-state index in [-0.39, 0.29) is 0 Å². The van der Waals surface area contributed by atoms with Crippen LogP contribution in [0.2, 0.25) is 0 Å². The van der Waals surface area contributed by atoms with Crippen molar-refractivity contribution in [1.82, 2.24) is 0 Å². The minimum Gasteiger partial charge on any atom is -0.222 e. The number of hydrogen-bond donors (Lipinski definition) is 0. The first-order valence-corrected chi connectivity index (χ1v) is 4.16. The molecule has 0 bridgehead atoms. The number of thiocarbonyl (C=S) groups is 1. The zero-order valence-corrected chi connectivity index (χ0v) is 7.28. The maximum atomic E-state index is 6.58. The lowest BCUT2D eigenvalue weighted by molar-refractivity contribution is 1.69. The lowest BCUT2D eigenvalue weighted by Gasteiger charge is -1.91. The molecule has 1 aromatic carbocycles. The van der Waals surface area contributed by atoms with Crippen LogP contribution in [0.5, 0.6) is 0 Å². The highest BCUT2D eigenvalue weighted by Crippen LogP contribution is 2.13. The van der Waals surface area contributed by atoms with E-state index in [0.717, 1.165) is 17.5 Å². The second-order valence-electron chi connectivity index (χ2n) is 1.84. The topological polar surface area (TPSA) is 4.36 Å². The molecule has 0 spiro atoms. The van der Waals surface area contributed by atoms with Crippen LogP contribution in [0.1, 0.15) is 5.56 Å². The summed E-state index contributed by atoms with van der Waals surface area (Å²) in [7, 11) is 0. The summed E-state index contributed by atoms with van der Waals surface area (Å²) in [4.78, 5) is 0. The van der Waals surface area contributed by atoms with E-state index in [1.807, 2.05) is 30.3 Å². The van der Waals surface area contributed by atoms with Crippen molar-refractivity contribution in [1.29, 1.82) is 0 Å². The Balaban J connectivity index is 2.79. The standard InChI is InChI=1S/C8H5NS2/c1-9-11-8(10)7-5-3-2-4-6-7/h2-6H. The van der Waals surface area contributed by atoms with Crippen LogP contribution in [-0.4, -0.2) is 4.20 Å². The van der Waals surface area contributed by atoms with Gasteiger partial charge in [0.15, 0.2) is 4.20 Å². The van der Waals surface area contributed by atoms with Crippen LogP contribution >= 0.6 is 24.2 Å². The van der Waals surface area contributed by atoms with Gasteiger partial charge in [-0.2, -0.15) is 0 Å². The van der Waals surface area contributed by atoms with E-state index in [4.69, 9.17) is 18.8 Å². The fraction of sp³-hybridized carbons (Fsp3) is 0. The molecule has 0 atom stereocenters. The molecule has 0 aliphatic rings. The van der Waals surface area contributed by atoms with Crippen molar-refractivity contribution in [3.63, 3.8) is 0 Å². The highest BCUT2D eigenvalue weighted by atomic mass is 32.2. The summed E-state index contributed by atoms with van der Waals surface area (Å²) in [5.41, 5.74) is 0.948. The van der Waals surface area contributed by atoms with E-state index >= 15 is 0 Å². The zero-order chi connectivity index (χ0) is 8.10. The molecular formula is C8H5NS2. The van der Waals surface area contributed by atoms with E-state index in [9.17, 15) is 0 Å². The second-order valence-corrected chi connectivity index (χ2v) is 3.28. The average Bonchev–Trinajstić information content (AvgIpc) is 2.07. The average molecular weight is 179 g/mol. The molecule has 0 amide bonds. The van der Waals surface area contributed by atoms with Crippen LogP contribution in [0.15, 0.2) is 30.3 Å². The van der Waals surface area contributed by atoms with Crippen LogP contribution in [0.3, 0.4) is 0 Å². The van der Waals surface area contributed by atoms with Crippen molar-refractivity contribution in [2.75, 3.05) is 0 Å². The molecule has 11 heavy (non-hydrogen) atoms. The van der Waals surface area contributed by atoms with Crippen molar-refractivity contribution < 1.29 is 0 Å². The minimum atomic E-state index is 0.639. The first-order chi connectivity index (χ1) is 5.34. The summed E-state index contributed by atoms with van der Waals surface area (Å²) in [5, 5.41) is 0. The lowest BCUT2D eigenvalue weighted by Crippen LogP contribution is -1.86. The van der Waals surface area contributed by atoms with Crippen molar-refractivity contribution in [2.24, 2.45) is 0 Å². The molecule has 0 aromatic heterocycles. The molecule has 0 radical (unpaired) electrons. The summed E-state index contributed by atoms with van der Waals surface area (Å²) in [5.74, 6) is 0. The number of benzene rings is 1. The predicted molar refractivity (Wildman–Crippen MR) is 52.3 cm³/mol. The smallest absolute Gasteiger partial charge is 0.222 e. The first-order valence-electron chi connectivity index (χ1n) is 2.98. The maximum Gasteiger partial charge on any atom is 0.307 e. The van der Waals surface area contributed by atoms with Gasteiger partial charge in [-0.05, 0) is 0 Å². The number of hydrogen-bond acceptors (Lipinski definition) is 2. The SMILES string of the molecule is [C-]#[N+]SC(=S)c1ccccc1. The second kappa shape index (κ2) is 4.12. The Kier molecular flexibility index (Phi) is 3.09. The highest BCUT2D eigenvalue weighted by Gasteiger charge is 2.04. The molecule has 0 saturated carbocycles. The fourth-order valence-electron chi connectivity index (χ4n) is 0.668. The third-order valence-corrected chi connectivity index (χ3v) is 2.09. The predicted octanol–water partition coefficient (Wildman–Crippen LogP) is 2.93. The van der Waals surface area contributed by atoms with E-state index in [1.54, 1.807) is 0 Å². The molecular weight excluding hydrogens is 174 g/mol. The van der Waals surface area contributed by atoms with E-state index < -0.39 is 0 Å². The van der Waals surface area contributed by atoms with Gasteiger partial charge >= 0.3 is 11.9 Å². The normalized spacial score (nSPS) is 8.64. The molecule has 0 aliphatic carbocycles. The maximum absolute atomic E-state index is 6.58. The summed E-state index contributed by atoms with van der Waals surface area (Å²) >= 11 is 5.98. The Morgan fingerprint density at radius 1 is 1.36 bits per heavy atom.